The van der Waals surface area contributed by atoms with E-state index < -0.39 is 6.10 Å². The molecule has 0 saturated carbocycles. The Morgan fingerprint density at radius 1 is 1.00 bits per heavy atom. The lowest BCUT2D eigenvalue weighted by Gasteiger charge is -2.25. The molecule has 1 aliphatic heterocycles. The van der Waals surface area contributed by atoms with E-state index in [0.717, 1.165) is 10.9 Å². The fraction of sp³-hybridized carbons (Fsp3) is 0.200. The number of hydrogen-bond acceptors (Lipinski definition) is 4. The maximum Gasteiger partial charge on any atom is 0.264 e. The molecule has 2 heterocycles. The largest absolute Gasteiger partial charge is 0.485 e. The molecule has 0 spiro atoms. The molecule has 4 rings (SSSR count). The Hall–Kier alpha value is -3.48. The molecule has 0 fully saturated rings. The van der Waals surface area contributed by atoms with Crippen LogP contribution in [0.15, 0.2) is 54.7 Å². The lowest BCUT2D eigenvalue weighted by Crippen LogP contribution is -2.46. The highest BCUT2D eigenvalue weighted by Crippen LogP contribution is 2.30. The van der Waals surface area contributed by atoms with E-state index in [1.807, 2.05) is 36.4 Å². The van der Waals surface area contributed by atoms with Gasteiger partial charge < -0.3 is 25.1 Å². The molecule has 0 bridgehead atoms. The zero-order chi connectivity index (χ0) is 18.6. The monoisotopic (exact) mass is 365 g/mol. The predicted molar refractivity (Wildman–Crippen MR) is 100.0 cm³/mol. The number of amides is 2. The fourth-order valence-electron chi connectivity index (χ4n) is 2.98. The van der Waals surface area contributed by atoms with Crippen LogP contribution in [0.2, 0.25) is 0 Å². The third kappa shape index (κ3) is 3.57. The number of fused-ring (bicyclic) bond motifs is 2. The summed E-state index contributed by atoms with van der Waals surface area (Å²) in [5, 5.41) is 6.43. The van der Waals surface area contributed by atoms with Crippen molar-refractivity contribution >= 4 is 22.7 Å². The summed E-state index contributed by atoms with van der Waals surface area (Å²) in [6.45, 7) is 0.771. The molecule has 1 aliphatic rings. The van der Waals surface area contributed by atoms with Gasteiger partial charge in [0.15, 0.2) is 11.5 Å². The molecular formula is C20H19N3O4. The highest BCUT2D eigenvalue weighted by Gasteiger charge is 2.26. The van der Waals surface area contributed by atoms with Gasteiger partial charge >= 0.3 is 0 Å². The van der Waals surface area contributed by atoms with Gasteiger partial charge in [0.05, 0.1) is 5.56 Å². The van der Waals surface area contributed by atoms with Crippen molar-refractivity contribution in [3.63, 3.8) is 0 Å². The smallest absolute Gasteiger partial charge is 0.264 e. The van der Waals surface area contributed by atoms with E-state index in [0.29, 0.717) is 30.2 Å². The molecule has 138 valence electrons. The Morgan fingerprint density at radius 3 is 2.63 bits per heavy atom. The summed E-state index contributed by atoms with van der Waals surface area (Å²) in [6, 6.07) is 14.8. The Morgan fingerprint density at radius 2 is 1.74 bits per heavy atom. The fourth-order valence-corrected chi connectivity index (χ4v) is 2.98. The maximum absolute atomic E-state index is 12.3. The number of benzene rings is 2. The third-order valence-corrected chi connectivity index (χ3v) is 4.34. The summed E-state index contributed by atoms with van der Waals surface area (Å²) in [7, 11) is 0. The number of nitrogens with one attached hydrogen (secondary N) is 3. The van der Waals surface area contributed by atoms with Crippen molar-refractivity contribution in [2.24, 2.45) is 0 Å². The number of ether oxygens (including phenoxy) is 2. The van der Waals surface area contributed by atoms with E-state index in [1.165, 1.54) is 0 Å². The van der Waals surface area contributed by atoms with E-state index in [4.69, 9.17) is 9.47 Å². The molecule has 2 aromatic carbocycles. The number of para-hydroxylation sites is 3. The van der Waals surface area contributed by atoms with E-state index in [9.17, 15) is 9.59 Å². The van der Waals surface area contributed by atoms with Gasteiger partial charge in [0, 0.05) is 30.2 Å². The molecule has 1 aromatic heterocycles. The van der Waals surface area contributed by atoms with Crippen LogP contribution in [0.25, 0.3) is 10.9 Å². The number of aromatic amines is 1. The average Bonchev–Trinajstić information content (AvgIpc) is 3.15. The third-order valence-electron chi connectivity index (χ3n) is 4.34. The van der Waals surface area contributed by atoms with Gasteiger partial charge in [-0.1, -0.05) is 30.3 Å². The number of rotatable bonds is 5. The standard InChI is InChI=1S/C20H19N3O4/c24-19(14-11-23-15-6-2-1-5-13(14)15)21-9-10-22-20(25)18-12-26-16-7-3-4-8-17(16)27-18/h1-8,11,18,23H,9-10,12H2,(H,21,24)(H,22,25). The maximum atomic E-state index is 12.3. The molecule has 0 saturated heterocycles. The second-order valence-corrected chi connectivity index (χ2v) is 6.16. The topological polar surface area (TPSA) is 92.5 Å². The van der Waals surface area contributed by atoms with Gasteiger partial charge in [0.25, 0.3) is 11.8 Å². The molecule has 7 heteroatoms. The summed E-state index contributed by atoms with van der Waals surface area (Å²) < 4.78 is 11.2. The van der Waals surface area contributed by atoms with Crippen molar-refractivity contribution in [2.75, 3.05) is 19.7 Å². The van der Waals surface area contributed by atoms with E-state index in [1.54, 1.807) is 18.3 Å². The number of aromatic nitrogens is 1. The Kier molecular flexibility index (Phi) is 4.65. The average molecular weight is 365 g/mol. The van der Waals surface area contributed by atoms with Gasteiger partial charge in [-0.2, -0.15) is 0 Å². The van der Waals surface area contributed by atoms with Crippen molar-refractivity contribution in [3.05, 3.63) is 60.3 Å². The molecular weight excluding hydrogens is 346 g/mol. The molecule has 3 N–H and O–H groups in total. The summed E-state index contributed by atoms with van der Waals surface area (Å²) >= 11 is 0. The summed E-state index contributed by atoms with van der Waals surface area (Å²) in [6.07, 6.45) is 0.979. The molecule has 3 aromatic rings. The number of H-pyrrole nitrogens is 1. The minimum atomic E-state index is -0.704. The SMILES string of the molecule is O=C(NCCNC(=O)C1COc2ccccc2O1)c1c[nH]c2ccccc12. The first kappa shape index (κ1) is 17.0. The number of hydrogen-bond donors (Lipinski definition) is 3. The quantitative estimate of drug-likeness (QED) is 0.602. The van der Waals surface area contributed by atoms with Crippen LogP contribution in [0.5, 0.6) is 11.5 Å². The molecule has 1 atom stereocenters. The van der Waals surface area contributed by atoms with E-state index in [2.05, 4.69) is 15.6 Å². The lowest BCUT2D eigenvalue weighted by molar-refractivity contribution is -0.130. The molecule has 0 radical (unpaired) electrons. The van der Waals surface area contributed by atoms with Gasteiger partial charge in [-0.05, 0) is 18.2 Å². The molecule has 7 nitrogen and oxygen atoms in total. The molecule has 2 amide bonds. The van der Waals surface area contributed by atoms with Crippen molar-refractivity contribution < 1.29 is 19.1 Å². The van der Waals surface area contributed by atoms with Gasteiger partial charge in [0.2, 0.25) is 6.10 Å². The summed E-state index contributed by atoms with van der Waals surface area (Å²) in [5.41, 5.74) is 1.49. The minimum Gasteiger partial charge on any atom is -0.485 e. The summed E-state index contributed by atoms with van der Waals surface area (Å²) in [5.74, 6) is 0.725. The zero-order valence-electron chi connectivity index (χ0n) is 14.5. The van der Waals surface area contributed by atoms with Gasteiger partial charge in [0.1, 0.15) is 6.61 Å². The molecule has 1 unspecified atom stereocenters. The summed E-state index contributed by atoms with van der Waals surface area (Å²) in [4.78, 5) is 27.6. The van der Waals surface area contributed by atoms with Crippen LogP contribution < -0.4 is 20.1 Å². The van der Waals surface area contributed by atoms with Crippen molar-refractivity contribution in [1.29, 1.82) is 0 Å². The number of carbonyl (C=O) groups excluding carboxylic acids is 2. The first-order chi connectivity index (χ1) is 13.2. The Bertz CT molecular complexity index is 982. The van der Waals surface area contributed by atoms with Crippen molar-refractivity contribution in [3.8, 4) is 11.5 Å². The normalized spacial score (nSPS) is 15.3. The van der Waals surface area contributed by atoms with Crippen LogP contribution in [0, 0.1) is 0 Å². The van der Waals surface area contributed by atoms with Gasteiger partial charge in [-0.3, -0.25) is 9.59 Å². The van der Waals surface area contributed by atoms with E-state index in [-0.39, 0.29) is 18.4 Å². The minimum absolute atomic E-state index is 0.157. The molecule has 0 aliphatic carbocycles. The zero-order valence-corrected chi connectivity index (χ0v) is 14.5. The van der Waals surface area contributed by atoms with Crippen LogP contribution in [-0.2, 0) is 4.79 Å². The highest BCUT2D eigenvalue weighted by molar-refractivity contribution is 6.06. The van der Waals surface area contributed by atoms with Crippen LogP contribution in [0.1, 0.15) is 10.4 Å². The van der Waals surface area contributed by atoms with Crippen LogP contribution in [0.4, 0.5) is 0 Å². The second-order valence-electron chi connectivity index (χ2n) is 6.16. The van der Waals surface area contributed by atoms with Crippen LogP contribution in [0.3, 0.4) is 0 Å². The number of carbonyl (C=O) groups is 2. The van der Waals surface area contributed by atoms with Crippen molar-refractivity contribution in [2.45, 2.75) is 6.10 Å². The first-order valence-electron chi connectivity index (χ1n) is 8.73. The van der Waals surface area contributed by atoms with Crippen LogP contribution in [-0.4, -0.2) is 42.6 Å². The van der Waals surface area contributed by atoms with E-state index >= 15 is 0 Å². The van der Waals surface area contributed by atoms with Gasteiger partial charge in [-0.15, -0.1) is 0 Å². The Labute approximate surface area is 155 Å². The van der Waals surface area contributed by atoms with Gasteiger partial charge in [-0.25, -0.2) is 0 Å². The Balaban J connectivity index is 1.25. The van der Waals surface area contributed by atoms with Crippen molar-refractivity contribution in [1.82, 2.24) is 15.6 Å². The lowest BCUT2D eigenvalue weighted by atomic mass is 10.1. The highest BCUT2D eigenvalue weighted by atomic mass is 16.6. The predicted octanol–water partition coefficient (Wildman–Crippen LogP) is 1.85. The first-order valence-corrected chi connectivity index (χ1v) is 8.73. The van der Waals surface area contributed by atoms with Crippen LogP contribution >= 0.6 is 0 Å². The second kappa shape index (κ2) is 7.41. The molecule has 27 heavy (non-hydrogen) atoms.